The fourth-order valence-electron chi connectivity index (χ4n) is 4.37. The highest BCUT2D eigenvalue weighted by Gasteiger charge is 2.35. The molecule has 2 heterocycles. The Morgan fingerprint density at radius 2 is 1.86 bits per heavy atom. The summed E-state index contributed by atoms with van der Waals surface area (Å²) in [7, 11) is 0. The molecule has 1 aliphatic carbocycles. The maximum atomic E-state index is 12.6. The van der Waals surface area contributed by atoms with Gasteiger partial charge in [0.05, 0.1) is 0 Å². The molecule has 1 atom stereocenters. The molecule has 0 spiro atoms. The summed E-state index contributed by atoms with van der Waals surface area (Å²) in [4.78, 5) is 17.4. The lowest BCUT2D eigenvalue weighted by molar-refractivity contribution is -0.133. The van der Waals surface area contributed by atoms with Crippen LogP contribution < -0.4 is 5.32 Å². The zero-order chi connectivity index (χ0) is 14.7. The lowest BCUT2D eigenvalue weighted by Crippen LogP contribution is -2.49. The molecule has 0 aromatic heterocycles. The monoisotopic (exact) mass is 293 g/mol. The minimum Gasteiger partial charge on any atom is -0.341 e. The summed E-state index contributed by atoms with van der Waals surface area (Å²) in [6.07, 6.45) is 8.42. The predicted molar refractivity (Wildman–Crippen MR) is 85.2 cm³/mol. The summed E-state index contributed by atoms with van der Waals surface area (Å²) < 4.78 is 0. The number of hydrogen-bond acceptors (Lipinski definition) is 3. The van der Waals surface area contributed by atoms with E-state index < -0.39 is 0 Å². The second-order valence-corrected chi connectivity index (χ2v) is 7.62. The molecule has 3 aliphatic rings. The number of amides is 1. The minimum absolute atomic E-state index is 0.280. The Morgan fingerprint density at radius 3 is 2.57 bits per heavy atom. The highest BCUT2D eigenvalue weighted by Crippen LogP contribution is 2.39. The van der Waals surface area contributed by atoms with E-state index in [1.807, 2.05) is 0 Å². The predicted octanol–water partition coefficient (Wildman–Crippen LogP) is 1.85. The molecule has 1 saturated carbocycles. The lowest BCUT2D eigenvalue weighted by Gasteiger charge is -2.35. The number of carbonyl (C=O) groups excluding carboxylic acids is 1. The van der Waals surface area contributed by atoms with Crippen LogP contribution in [0.25, 0.3) is 0 Å². The second-order valence-electron chi connectivity index (χ2n) is 7.62. The smallest absolute Gasteiger partial charge is 0.223 e. The number of nitrogens with one attached hydrogen (secondary N) is 1. The first-order valence-corrected chi connectivity index (χ1v) is 8.89. The second kappa shape index (κ2) is 6.66. The molecule has 0 aromatic rings. The molecule has 0 aromatic carbocycles. The van der Waals surface area contributed by atoms with Gasteiger partial charge in [-0.1, -0.05) is 26.2 Å². The average Bonchev–Trinajstić information content (AvgIpc) is 2.98. The van der Waals surface area contributed by atoms with Crippen molar-refractivity contribution in [2.24, 2.45) is 5.41 Å². The standard InChI is InChI=1S/C17H31N3O/c1-17(6-3-2-4-7-17)13-16(21)20-10-5-15(14-20)19-11-8-18-9-12-19/h15,18H,2-14H2,1H3. The normalized spacial score (nSPS) is 30.5. The van der Waals surface area contributed by atoms with Gasteiger partial charge in [0.25, 0.3) is 0 Å². The Kier molecular flexibility index (Phi) is 4.85. The van der Waals surface area contributed by atoms with E-state index in [1.165, 1.54) is 38.5 Å². The number of carbonyl (C=O) groups is 1. The van der Waals surface area contributed by atoms with Crippen molar-refractivity contribution in [3.8, 4) is 0 Å². The molecule has 3 rings (SSSR count). The van der Waals surface area contributed by atoms with Crippen LogP contribution in [-0.4, -0.2) is 61.0 Å². The molecule has 1 N–H and O–H groups in total. The van der Waals surface area contributed by atoms with Gasteiger partial charge in [-0.3, -0.25) is 9.69 Å². The van der Waals surface area contributed by atoms with Crippen molar-refractivity contribution in [1.82, 2.24) is 15.1 Å². The minimum atomic E-state index is 0.280. The van der Waals surface area contributed by atoms with Crippen molar-refractivity contribution in [2.45, 2.75) is 57.9 Å². The largest absolute Gasteiger partial charge is 0.341 e. The van der Waals surface area contributed by atoms with E-state index in [0.29, 0.717) is 11.9 Å². The van der Waals surface area contributed by atoms with E-state index in [-0.39, 0.29) is 5.41 Å². The third-order valence-electron chi connectivity index (χ3n) is 5.82. The molecule has 21 heavy (non-hydrogen) atoms. The molecule has 0 radical (unpaired) electrons. The van der Waals surface area contributed by atoms with E-state index in [0.717, 1.165) is 45.7 Å². The number of nitrogens with zero attached hydrogens (tertiary/aromatic N) is 2. The van der Waals surface area contributed by atoms with E-state index in [2.05, 4.69) is 22.0 Å². The highest BCUT2D eigenvalue weighted by molar-refractivity contribution is 5.77. The van der Waals surface area contributed by atoms with E-state index in [4.69, 9.17) is 0 Å². The highest BCUT2D eigenvalue weighted by atomic mass is 16.2. The number of hydrogen-bond donors (Lipinski definition) is 1. The van der Waals surface area contributed by atoms with Crippen LogP contribution in [0, 0.1) is 5.41 Å². The fourth-order valence-corrected chi connectivity index (χ4v) is 4.37. The fraction of sp³-hybridized carbons (Fsp3) is 0.941. The molecular formula is C17H31N3O. The van der Waals surface area contributed by atoms with Gasteiger partial charge in [-0.05, 0) is 24.7 Å². The molecule has 4 nitrogen and oxygen atoms in total. The molecule has 3 fully saturated rings. The van der Waals surface area contributed by atoms with Gasteiger partial charge in [0.15, 0.2) is 0 Å². The molecule has 1 amide bonds. The molecule has 1 unspecified atom stereocenters. The Morgan fingerprint density at radius 1 is 1.14 bits per heavy atom. The Labute approximate surface area is 129 Å². The van der Waals surface area contributed by atoms with Gasteiger partial charge < -0.3 is 10.2 Å². The van der Waals surface area contributed by atoms with Crippen LogP contribution in [-0.2, 0) is 4.79 Å². The zero-order valence-electron chi connectivity index (χ0n) is 13.6. The first kappa shape index (κ1) is 15.3. The van der Waals surface area contributed by atoms with Crippen LogP contribution in [0.5, 0.6) is 0 Å². The summed E-state index contributed by atoms with van der Waals surface area (Å²) in [6.45, 7) is 8.76. The summed E-state index contributed by atoms with van der Waals surface area (Å²) in [5.74, 6) is 0.414. The maximum Gasteiger partial charge on any atom is 0.223 e. The Balaban J connectivity index is 1.49. The van der Waals surface area contributed by atoms with Crippen molar-refractivity contribution in [1.29, 1.82) is 0 Å². The van der Waals surface area contributed by atoms with E-state index in [1.54, 1.807) is 0 Å². The first-order chi connectivity index (χ1) is 10.2. The van der Waals surface area contributed by atoms with Crippen molar-refractivity contribution in [3.63, 3.8) is 0 Å². The molecule has 2 aliphatic heterocycles. The average molecular weight is 293 g/mol. The van der Waals surface area contributed by atoms with Gasteiger partial charge in [0, 0.05) is 51.7 Å². The van der Waals surface area contributed by atoms with Crippen molar-refractivity contribution < 1.29 is 4.79 Å². The van der Waals surface area contributed by atoms with Gasteiger partial charge in [0.1, 0.15) is 0 Å². The number of likely N-dealkylation sites (tertiary alicyclic amines) is 1. The van der Waals surface area contributed by atoms with Crippen molar-refractivity contribution >= 4 is 5.91 Å². The Hall–Kier alpha value is -0.610. The third kappa shape index (κ3) is 3.78. The summed E-state index contributed by atoms with van der Waals surface area (Å²) >= 11 is 0. The molecule has 120 valence electrons. The summed E-state index contributed by atoms with van der Waals surface area (Å²) in [5, 5.41) is 3.41. The maximum absolute atomic E-state index is 12.6. The SMILES string of the molecule is CC1(CC(=O)N2CCC(N3CCNCC3)C2)CCCCC1. The van der Waals surface area contributed by atoms with E-state index in [9.17, 15) is 4.79 Å². The number of rotatable bonds is 3. The summed E-state index contributed by atoms with van der Waals surface area (Å²) in [6, 6.07) is 0.607. The topological polar surface area (TPSA) is 35.6 Å². The third-order valence-corrected chi connectivity index (χ3v) is 5.82. The van der Waals surface area contributed by atoms with Crippen LogP contribution in [0.1, 0.15) is 51.9 Å². The van der Waals surface area contributed by atoms with Crippen LogP contribution in [0.4, 0.5) is 0 Å². The number of piperazine rings is 1. The summed E-state index contributed by atoms with van der Waals surface area (Å²) in [5.41, 5.74) is 0.280. The van der Waals surface area contributed by atoms with Gasteiger partial charge >= 0.3 is 0 Å². The lowest BCUT2D eigenvalue weighted by atomic mass is 9.73. The quantitative estimate of drug-likeness (QED) is 0.862. The van der Waals surface area contributed by atoms with Crippen molar-refractivity contribution in [2.75, 3.05) is 39.3 Å². The van der Waals surface area contributed by atoms with Crippen LogP contribution in [0.15, 0.2) is 0 Å². The first-order valence-electron chi connectivity index (χ1n) is 8.89. The van der Waals surface area contributed by atoms with Crippen LogP contribution in [0.2, 0.25) is 0 Å². The van der Waals surface area contributed by atoms with Gasteiger partial charge in [-0.2, -0.15) is 0 Å². The van der Waals surface area contributed by atoms with Gasteiger partial charge in [-0.15, -0.1) is 0 Å². The van der Waals surface area contributed by atoms with Crippen LogP contribution in [0.3, 0.4) is 0 Å². The molecule has 0 bridgehead atoms. The molecule has 4 heteroatoms. The van der Waals surface area contributed by atoms with Crippen LogP contribution >= 0.6 is 0 Å². The van der Waals surface area contributed by atoms with E-state index >= 15 is 0 Å². The molecule has 2 saturated heterocycles. The van der Waals surface area contributed by atoms with Crippen molar-refractivity contribution in [3.05, 3.63) is 0 Å². The van der Waals surface area contributed by atoms with Gasteiger partial charge in [0.2, 0.25) is 5.91 Å². The van der Waals surface area contributed by atoms with Gasteiger partial charge in [-0.25, -0.2) is 0 Å². The molecular weight excluding hydrogens is 262 g/mol. The Bertz CT molecular complexity index is 359. The zero-order valence-corrected chi connectivity index (χ0v) is 13.6.